The minimum absolute atomic E-state index is 0.233. The lowest BCUT2D eigenvalue weighted by molar-refractivity contribution is 0.171. The van der Waals surface area contributed by atoms with E-state index in [1.807, 2.05) is 41.8 Å². The molecule has 1 atom stereocenters. The Balaban J connectivity index is 1.60. The van der Waals surface area contributed by atoms with Gasteiger partial charge in [-0.25, -0.2) is 8.42 Å². The smallest absolute Gasteiger partial charge is 0.244 e. The van der Waals surface area contributed by atoms with Crippen LogP contribution in [0.3, 0.4) is 0 Å². The SMILES string of the molecule is O=S(=O)(c1ccc2c(c1)OCCO2)N1CCc2sccc2C1c1ccccc1. The highest BCUT2D eigenvalue weighted by Crippen LogP contribution is 2.41. The predicted octanol–water partition coefficient (Wildman–Crippen LogP) is 3.86. The van der Waals surface area contributed by atoms with Gasteiger partial charge in [-0.15, -0.1) is 11.3 Å². The second-order valence-corrected chi connectivity index (χ2v) is 9.67. The van der Waals surface area contributed by atoms with E-state index in [1.54, 1.807) is 33.8 Å². The van der Waals surface area contributed by atoms with Gasteiger partial charge in [0.1, 0.15) is 13.2 Å². The second-order valence-electron chi connectivity index (χ2n) is 6.78. The number of nitrogens with zero attached hydrogens (tertiary/aromatic N) is 1. The maximum absolute atomic E-state index is 13.6. The number of rotatable bonds is 3. The molecule has 2 aliphatic rings. The quantitative estimate of drug-likeness (QED) is 0.654. The molecule has 28 heavy (non-hydrogen) atoms. The van der Waals surface area contributed by atoms with Gasteiger partial charge in [0.25, 0.3) is 0 Å². The van der Waals surface area contributed by atoms with Gasteiger partial charge >= 0.3 is 0 Å². The van der Waals surface area contributed by atoms with Crippen LogP contribution in [0.2, 0.25) is 0 Å². The average molecular weight is 414 g/mol. The van der Waals surface area contributed by atoms with E-state index < -0.39 is 10.0 Å². The van der Waals surface area contributed by atoms with Crippen LogP contribution in [0, 0.1) is 0 Å². The van der Waals surface area contributed by atoms with Crippen LogP contribution in [0.15, 0.2) is 64.9 Å². The lowest BCUT2D eigenvalue weighted by Crippen LogP contribution is -2.40. The van der Waals surface area contributed by atoms with Gasteiger partial charge in [-0.05, 0) is 41.1 Å². The number of benzene rings is 2. The van der Waals surface area contributed by atoms with E-state index in [-0.39, 0.29) is 10.9 Å². The monoisotopic (exact) mass is 413 g/mol. The third-order valence-electron chi connectivity index (χ3n) is 5.16. The molecule has 5 rings (SSSR count). The number of hydrogen-bond donors (Lipinski definition) is 0. The summed E-state index contributed by atoms with van der Waals surface area (Å²) in [5.41, 5.74) is 2.05. The molecule has 0 saturated heterocycles. The van der Waals surface area contributed by atoms with E-state index in [2.05, 4.69) is 0 Å². The molecular weight excluding hydrogens is 394 g/mol. The molecule has 5 nitrogen and oxygen atoms in total. The van der Waals surface area contributed by atoms with Gasteiger partial charge < -0.3 is 9.47 Å². The second kappa shape index (κ2) is 6.92. The number of sulfonamides is 1. The summed E-state index contributed by atoms with van der Waals surface area (Å²) in [5.74, 6) is 1.07. The molecule has 0 saturated carbocycles. The van der Waals surface area contributed by atoms with Crippen molar-refractivity contribution in [2.75, 3.05) is 19.8 Å². The molecule has 0 N–H and O–H groups in total. The van der Waals surface area contributed by atoms with Gasteiger partial charge in [0, 0.05) is 17.5 Å². The van der Waals surface area contributed by atoms with Crippen LogP contribution in [0.25, 0.3) is 0 Å². The van der Waals surface area contributed by atoms with Crippen LogP contribution in [-0.4, -0.2) is 32.5 Å². The number of hydrogen-bond acceptors (Lipinski definition) is 5. The van der Waals surface area contributed by atoms with Crippen molar-refractivity contribution in [1.82, 2.24) is 4.31 Å². The topological polar surface area (TPSA) is 55.8 Å². The van der Waals surface area contributed by atoms with Crippen molar-refractivity contribution in [2.24, 2.45) is 0 Å². The molecule has 0 spiro atoms. The fourth-order valence-electron chi connectivity index (χ4n) is 3.85. The Morgan fingerprint density at radius 2 is 1.75 bits per heavy atom. The molecule has 7 heteroatoms. The summed E-state index contributed by atoms with van der Waals surface area (Å²) >= 11 is 1.69. The molecule has 0 fully saturated rings. The Hall–Kier alpha value is -2.35. The largest absolute Gasteiger partial charge is 0.486 e. The van der Waals surface area contributed by atoms with E-state index in [0.29, 0.717) is 31.3 Å². The standard InChI is InChI=1S/C21H19NO4S2/c23-28(24,16-6-7-18-19(14-16)26-12-11-25-18)22-10-8-20-17(9-13-27-20)21(22)15-4-2-1-3-5-15/h1-7,9,13-14,21H,8,10-12H2. The van der Waals surface area contributed by atoms with Gasteiger partial charge in [-0.2, -0.15) is 4.31 Å². The Kier molecular flexibility index (Phi) is 4.38. The Morgan fingerprint density at radius 1 is 0.964 bits per heavy atom. The zero-order valence-corrected chi connectivity index (χ0v) is 16.7. The highest BCUT2D eigenvalue weighted by atomic mass is 32.2. The van der Waals surface area contributed by atoms with Crippen LogP contribution in [-0.2, 0) is 16.4 Å². The van der Waals surface area contributed by atoms with Gasteiger partial charge in [-0.1, -0.05) is 30.3 Å². The number of fused-ring (bicyclic) bond motifs is 2. The molecule has 1 unspecified atom stereocenters. The normalized spacial score (nSPS) is 19.2. The third-order valence-corrected chi connectivity index (χ3v) is 8.01. The van der Waals surface area contributed by atoms with Crippen molar-refractivity contribution >= 4 is 21.4 Å². The van der Waals surface area contributed by atoms with Gasteiger partial charge in [0.05, 0.1) is 10.9 Å². The Morgan fingerprint density at radius 3 is 2.57 bits per heavy atom. The maximum atomic E-state index is 13.6. The fraction of sp³-hybridized carbons (Fsp3) is 0.238. The molecule has 2 aliphatic heterocycles. The molecule has 3 aromatic rings. The van der Waals surface area contributed by atoms with E-state index in [9.17, 15) is 8.42 Å². The first kappa shape index (κ1) is 17.7. The number of thiophene rings is 1. The summed E-state index contributed by atoms with van der Waals surface area (Å²) in [4.78, 5) is 1.49. The van der Waals surface area contributed by atoms with Gasteiger partial charge in [0.2, 0.25) is 10.0 Å². The number of ether oxygens (including phenoxy) is 2. The average Bonchev–Trinajstić information content (AvgIpc) is 3.22. The highest BCUT2D eigenvalue weighted by molar-refractivity contribution is 7.89. The zero-order valence-electron chi connectivity index (χ0n) is 15.1. The summed E-state index contributed by atoms with van der Waals surface area (Å²) in [7, 11) is -3.71. The summed E-state index contributed by atoms with van der Waals surface area (Å²) in [6, 6.07) is 16.4. The molecule has 2 aromatic carbocycles. The molecule has 0 bridgehead atoms. The van der Waals surface area contributed by atoms with E-state index in [4.69, 9.17) is 9.47 Å². The van der Waals surface area contributed by atoms with E-state index in [0.717, 1.165) is 17.5 Å². The zero-order chi connectivity index (χ0) is 19.1. The van der Waals surface area contributed by atoms with Crippen molar-refractivity contribution in [3.8, 4) is 11.5 Å². The van der Waals surface area contributed by atoms with Crippen molar-refractivity contribution in [1.29, 1.82) is 0 Å². The van der Waals surface area contributed by atoms with Gasteiger partial charge in [0.15, 0.2) is 11.5 Å². The fourth-order valence-corrected chi connectivity index (χ4v) is 6.37. The van der Waals surface area contributed by atoms with E-state index in [1.165, 1.54) is 4.88 Å². The lowest BCUT2D eigenvalue weighted by atomic mass is 9.95. The lowest BCUT2D eigenvalue weighted by Gasteiger charge is -2.35. The molecule has 0 radical (unpaired) electrons. The van der Waals surface area contributed by atoms with E-state index >= 15 is 0 Å². The predicted molar refractivity (Wildman–Crippen MR) is 108 cm³/mol. The summed E-state index contributed by atoms with van der Waals surface area (Å²) < 4.78 is 40.0. The Bertz CT molecular complexity index is 1110. The molecule has 0 amide bonds. The summed E-state index contributed by atoms with van der Waals surface area (Å²) in [6.45, 7) is 1.34. The molecule has 3 heterocycles. The van der Waals surface area contributed by atoms with Crippen molar-refractivity contribution in [2.45, 2.75) is 17.4 Å². The highest BCUT2D eigenvalue weighted by Gasteiger charge is 2.38. The minimum Gasteiger partial charge on any atom is -0.486 e. The molecule has 1 aromatic heterocycles. The van der Waals surface area contributed by atoms with Crippen LogP contribution in [0.5, 0.6) is 11.5 Å². The van der Waals surface area contributed by atoms with Crippen LogP contribution < -0.4 is 9.47 Å². The Labute approximate surface area is 168 Å². The van der Waals surface area contributed by atoms with Crippen molar-refractivity contribution in [3.05, 3.63) is 76.0 Å². The summed E-state index contributed by atoms with van der Waals surface area (Å²) in [5, 5.41) is 2.04. The molecule has 0 aliphatic carbocycles. The van der Waals surface area contributed by atoms with Crippen LogP contribution >= 0.6 is 11.3 Å². The first-order valence-corrected chi connectivity index (χ1v) is 11.5. The van der Waals surface area contributed by atoms with Crippen molar-refractivity contribution in [3.63, 3.8) is 0 Å². The molecule has 144 valence electrons. The first-order chi connectivity index (χ1) is 13.6. The van der Waals surface area contributed by atoms with Crippen molar-refractivity contribution < 1.29 is 17.9 Å². The van der Waals surface area contributed by atoms with Crippen LogP contribution in [0.1, 0.15) is 22.0 Å². The molecular formula is C21H19NO4S2. The van der Waals surface area contributed by atoms with Crippen LogP contribution in [0.4, 0.5) is 0 Å². The maximum Gasteiger partial charge on any atom is 0.244 e. The minimum atomic E-state index is -3.71. The van der Waals surface area contributed by atoms with Gasteiger partial charge in [-0.3, -0.25) is 0 Å². The third kappa shape index (κ3) is 2.90. The summed E-state index contributed by atoms with van der Waals surface area (Å²) in [6.07, 6.45) is 0.722. The first-order valence-electron chi connectivity index (χ1n) is 9.17.